The standard InChI is InChI=1S/C10H21.Al.H2.2H/c1-6-7-10(8(2)3)9(4)5;;;;/h8-9H,6-7H2,1-5H3;;1H;;. The van der Waals surface area contributed by atoms with Crippen LogP contribution in [0, 0.1) is 11.8 Å². The Morgan fingerprint density at radius 1 is 1.18 bits per heavy atom. The van der Waals surface area contributed by atoms with Gasteiger partial charge in [-0.1, -0.05) is 63.6 Å². The van der Waals surface area contributed by atoms with Crippen molar-refractivity contribution in [3.63, 3.8) is 0 Å². The average molecular weight is 172 g/mol. The van der Waals surface area contributed by atoms with Gasteiger partial charge in [0.1, 0.15) is 0 Å². The summed E-state index contributed by atoms with van der Waals surface area (Å²) in [6.07, 6.45) is 2.77. The number of hydrogen-bond acceptors (Lipinski definition) is 0. The quantitative estimate of drug-likeness (QED) is 0.571. The van der Waals surface area contributed by atoms with E-state index in [-0.39, 0.29) is 1.43 Å². The molecule has 0 spiro atoms. The molecule has 68 valence electrons. The second kappa shape index (κ2) is 4.53. The van der Waals surface area contributed by atoms with Gasteiger partial charge in [-0.15, -0.1) is 0 Å². The molecule has 0 saturated carbocycles. The predicted molar refractivity (Wildman–Crippen MR) is 57.9 cm³/mol. The minimum Gasteiger partial charge on any atom is -0.0753 e. The van der Waals surface area contributed by atoms with Crippen molar-refractivity contribution in [2.24, 2.45) is 11.8 Å². The topological polar surface area (TPSA) is 0 Å². The van der Waals surface area contributed by atoms with Crippen LogP contribution in [-0.4, -0.2) is 16.3 Å². The van der Waals surface area contributed by atoms with E-state index in [0.717, 1.165) is 11.8 Å². The average Bonchev–Trinajstić information content (AvgIpc) is 1.87. The summed E-state index contributed by atoms with van der Waals surface area (Å²) in [5, 5.41) is 0. The summed E-state index contributed by atoms with van der Waals surface area (Å²) < 4.78 is 0.689. The highest BCUT2D eigenvalue weighted by Crippen LogP contribution is 2.44. The summed E-state index contributed by atoms with van der Waals surface area (Å²) in [4.78, 5) is 0. The van der Waals surface area contributed by atoms with Crippen LogP contribution in [0.4, 0.5) is 0 Å². The molecule has 0 atom stereocenters. The lowest BCUT2D eigenvalue weighted by atomic mass is 9.81. The SMILES string of the molecule is CCC[C]([AlH2])(C(C)C)C(C)C.[HH]. The van der Waals surface area contributed by atoms with Crippen LogP contribution in [0.5, 0.6) is 0 Å². The minimum atomic E-state index is 0. The Kier molecular flexibility index (Phi) is 4.75. The zero-order valence-corrected chi connectivity index (χ0v) is 11.1. The van der Waals surface area contributed by atoms with Crippen LogP contribution >= 0.6 is 0 Å². The molecule has 0 fully saturated rings. The molecule has 0 nitrogen and oxygen atoms in total. The van der Waals surface area contributed by atoms with E-state index in [0.29, 0.717) is 4.28 Å². The van der Waals surface area contributed by atoms with Gasteiger partial charge in [-0.3, -0.25) is 0 Å². The molecule has 0 unspecified atom stereocenters. The van der Waals surface area contributed by atoms with Crippen LogP contribution in [0.2, 0.25) is 4.28 Å². The maximum atomic E-state index is 2.38. The lowest BCUT2D eigenvalue weighted by Crippen LogP contribution is -2.25. The summed E-state index contributed by atoms with van der Waals surface area (Å²) in [6.45, 7) is 11.8. The molecule has 0 rings (SSSR count). The molecule has 0 aromatic carbocycles. The normalized spacial score (nSPS) is 13.0. The van der Waals surface area contributed by atoms with Gasteiger partial charge in [0, 0.05) is 1.43 Å². The van der Waals surface area contributed by atoms with E-state index in [1.54, 1.807) is 0 Å². The van der Waals surface area contributed by atoms with Crippen molar-refractivity contribution in [1.82, 2.24) is 0 Å². The molecule has 0 aliphatic carbocycles. The van der Waals surface area contributed by atoms with E-state index in [9.17, 15) is 0 Å². The molecule has 0 saturated heterocycles. The molecule has 1 heteroatoms. The highest BCUT2D eigenvalue weighted by molar-refractivity contribution is 6.15. The number of rotatable bonds is 4. The maximum Gasteiger partial charge on any atom is 0.222 e. The summed E-state index contributed by atoms with van der Waals surface area (Å²) in [5.41, 5.74) is 0. The van der Waals surface area contributed by atoms with Gasteiger partial charge in [-0.2, -0.15) is 0 Å². The maximum absolute atomic E-state index is 2.38. The van der Waals surface area contributed by atoms with Crippen molar-refractivity contribution < 1.29 is 1.43 Å². The summed E-state index contributed by atoms with van der Waals surface area (Å²) in [7, 11) is 0. The smallest absolute Gasteiger partial charge is 0.0753 e. The minimum absolute atomic E-state index is 0. The van der Waals surface area contributed by atoms with E-state index in [2.05, 4.69) is 34.6 Å². The Bertz CT molecular complexity index is 102. The van der Waals surface area contributed by atoms with Crippen LogP contribution in [0.1, 0.15) is 48.9 Å². The van der Waals surface area contributed by atoms with E-state index < -0.39 is 0 Å². The third-order valence-electron chi connectivity index (χ3n) is 3.43. The Hall–Kier alpha value is 0.532. The first-order valence-corrected chi connectivity index (χ1v) is 5.95. The number of hydrogen-bond donors (Lipinski definition) is 0. The van der Waals surface area contributed by atoms with E-state index >= 15 is 0 Å². The summed E-state index contributed by atoms with van der Waals surface area (Å²) in [6, 6.07) is 0. The van der Waals surface area contributed by atoms with Crippen LogP contribution in [0.3, 0.4) is 0 Å². The summed E-state index contributed by atoms with van der Waals surface area (Å²) >= 11 is 1.35. The van der Waals surface area contributed by atoms with Gasteiger partial charge < -0.3 is 0 Å². The van der Waals surface area contributed by atoms with Crippen molar-refractivity contribution in [1.29, 1.82) is 0 Å². The zero-order valence-electron chi connectivity index (χ0n) is 9.07. The molecule has 0 aromatic rings. The first-order valence-electron chi connectivity index (χ1n) is 4.95. The van der Waals surface area contributed by atoms with Crippen molar-refractivity contribution >= 4 is 16.3 Å². The molecule has 0 amide bonds. The third kappa shape index (κ3) is 2.81. The van der Waals surface area contributed by atoms with Crippen LogP contribution in [0.25, 0.3) is 0 Å². The van der Waals surface area contributed by atoms with Crippen molar-refractivity contribution in [2.75, 3.05) is 0 Å². The van der Waals surface area contributed by atoms with Gasteiger partial charge in [0.25, 0.3) is 0 Å². The second-order valence-corrected chi connectivity index (χ2v) is 6.43. The lowest BCUT2D eigenvalue weighted by molar-refractivity contribution is 0.291. The molecular weight excluding hydrogens is 147 g/mol. The van der Waals surface area contributed by atoms with Gasteiger partial charge in [0.15, 0.2) is 0 Å². The first-order chi connectivity index (χ1) is 4.95. The molecule has 0 aromatic heterocycles. The van der Waals surface area contributed by atoms with Gasteiger partial charge in [0.05, 0.1) is 0 Å². The highest BCUT2D eigenvalue weighted by atomic mass is 27.0. The van der Waals surface area contributed by atoms with E-state index in [1.165, 1.54) is 29.1 Å². The molecular formula is C10H25Al. The van der Waals surface area contributed by atoms with Crippen molar-refractivity contribution in [3.8, 4) is 0 Å². The van der Waals surface area contributed by atoms with Gasteiger partial charge in [0.2, 0.25) is 16.3 Å². The van der Waals surface area contributed by atoms with E-state index in [4.69, 9.17) is 0 Å². The van der Waals surface area contributed by atoms with Gasteiger partial charge in [-0.25, -0.2) is 0 Å². The Morgan fingerprint density at radius 3 is 1.64 bits per heavy atom. The molecule has 0 heterocycles. The highest BCUT2D eigenvalue weighted by Gasteiger charge is 2.30. The second-order valence-electron chi connectivity index (χ2n) is 4.57. The fraction of sp³-hybridized carbons (Fsp3) is 1.00. The lowest BCUT2D eigenvalue weighted by Gasteiger charge is -2.38. The third-order valence-corrected chi connectivity index (χ3v) is 6.24. The van der Waals surface area contributed by atoms with E-state index in [1.807, 2.05) is 0 Å². The Balaban J connectivity index is 0. The zero-order chi connectivity index (χ0) is 9.07. The van der Waals surface area contributed by atoms with Gasteiger partial charge in [-0.05, 0) is 0 Å². The predicted octanol–water partition coefficient (Wildman–Crippen LogP) is 3.14. The molecule has 0 radical (unpaired) electrons. The fourth-order valence-corrected chi connectivity index (χ4v) is 2.28. The van der Waals surface area contributed by atoms with Crippen LogP contribution in [0.15, 0.2) is 0 Å². The molecule has 0 N–H and O–H groups in total. The molecule has 0 aliphatic heterocycles. The van der Waals surface area contributed by atoms with Gasteiger partial charge >= 0.3 is 0 Å². The van der Waals surface area contributed by atoms with Crippen molar-refractivity contribution in [3.05, 3.63) is 0 Å². The van der Waals surface area contributed by atoms with Crippen LogP contribution < -0.4 is 0 Å². The van der Waals surface area contributed by atoms with Crippen LogP contribution in [-0.2, 0) is 0 Å². The molecule has 0 bridgehead atoms. The summed E-state index contributed by atoms with van der Waals surface area (Å²) in [5.74, 6) is 1.74. The monoisotopic (exact) mass is 172 g/mol. The fourth-order valence-electron chi connectivity index (χ4n) is 1.78. The first kappa shape index (κ1) is 11.5. The molecule has 0 aliphatic rings. The largest absolute Gasteiger partial charge is 0.222 e. The molecule has 11 heavy (non-hydrogen) atoms. The van der Waals surface area contributed by atoms with Crippen molar-refractivity contribution in [2.45, 2.75) is 51.7 Å². The Labute approximate surface area is 81.7 Å². The Morgan fingerprint density at radius 2 is 1.55 bits per heavy atom.